The van der Waals surface area contributed by atoms with Gasteiger partial charge in [-0.15, -0.1) is 0 Å². The summed E-state index contributed by atoms with van der Waals surface area (Å²) in [6, 6.07) is 0. The first-order valence-corrected chi connectivity index (χ1v) is 45.0. The molecule has 3 N–H and O–H groups in total. The van der Waals surface area contributed by atoms with Gasteiger partial charge in [0.25, 0.3) is 0 Å². The van der Waals surface area contributed by atoms with Crippen LogP contribution in [0, 0.1) is 11.8 Å². The van der Waals surface area contributed by atoms with Crippen LogP contribution in [0.5, 0.6) is 0 Å². The molecular weight excluding hydrogens is 1310 g/mol. The minimum Gasteiger partial charge on any atom is -0.462 e. The Hall–Kier alpha value is -1.94. The van der Waals surface area contributed by atoms with Crippen molar-refractivity contribution < 1.29 is 80.2 Å². The number of hydrogen-bond donors (Lipinski definition) is 3. The zero-order valence-electron chi connectivity index (χ0n) is 65.5. The Labute approximate surface area is 613 Å². The average Bonchev–Trinajstić information content (AvgIpc) is 0.927. The Bertz CT molecular complexity index is 1930. The SMILES string of the molecule is CCCCCCCCCCCCCCCCCCC(=O)OC[C@H](COP(=O)(O)OC[C@@H](O)COP(=O)(O)OC[C@@H](COC(=O)CCCCCCCCC(C)C)OC(=O)CCCCCCCCCCCCCCC)OC(=O)CCCCCCCCCCCCCCCCCCCCC(C)CC. The van der Waals surface area contributed by atoms with Crippen LogP contribution in [0.4, 0.5) is 0 Å². The monoisotopic (exact) mass is 1470 g/mol. The quantitative estimate of drug-likeness (QED) is 0.0222. The molecule has 0 aromatic heterocycles. The van der Waals surface area contributed by atoms with Crippen molar-refractivity contribution in [3.63, 3.8) is 0 Å². The van der Waals surface area contributed by atoms with Gasteiger partial charge in [-0.25, -0.2) is 9.13 Å². The van der Waals surface area contributed by atoms with Crippen LogP contribution in [0.1, 0.15) is 427 Å². The van der Waals surface area contributed by atoms with E-state index in [1.165, 1.54) is 238 Å². The zero-order chi connectivity index (χ0) is 73.5. The number of phosphoric acid groups is 2. The van der Waals surface area contributed by atoms with E-state index in [2.05, 4.69) is 41.5 Å². The van der Waals surface area contributed by atoms with Crippen LogP contribution in [0.25, 0.3) is 0 Å². The van der Waals surface area contributed by atoms with Crippen molar-refractivity contribution in [3.8, 4) is 0 Å². The molecule has 0 saturated heterocycles. The van der Waals surface area contributed by atoms with Crippen LogP contribution in [0.15, 0.2) is 0 Å². The van der Waals surface area contributed by atoms with E-state index in [9.17, 15) is 43.2 Å². The molecule has 0 aliphatic heterocycles. The summed E-state index contributed by atoms with van der Waals surface area (Å²) in [4.78, 5) is 72.9. The molecule has 0 aromatic carbocycles. The highest BCUT2D eigenvalue weighted by atomic mass is 31.2. The Balaban J connectivity index is 5.20. The van der Waals surface area contributed by atoms with E-state index < -0.39 is 97.5 Å². The Morgan fingerprint density at radius 2 is 0.510 bits per heavy atom. The van der Waals surface area contributed by atoms with Crippen molar-refractivity contribution in [2.45, 2.75) is 445 Å². The van der Waals surface area contributed by atoms with Crippen molar-refractivity contribution in [3.05, 3.63) is 0 Å². The molecule has 0 saturated carbocycles. The molecule has 0 radical (unpaired) electrons. The molecule has 0 aliphatic carbocycles. The molecule has 0 bridgehead atoms. The van der Waals surface area contributed by atoms with Gasteiger partial charge in [-0.1, -0.05) is 375 Å². The predicted octanol–water partition coefficient (Wildman–Crippen LogP) is 24.3. The van der Waals surface area contributed by atoms with Crippen molar-refractivity contribution in [2.24, 2.45) is 11.8 Å². The third-order valence-electron chi connectivity index (χ3n) is 19.3. The van der Waals surface area contributed by atoms with Gasteiger partial charge >= 0.3 is 39.5 Å². The van der Waals surface area contributed by atoms with E-state index in [1.807, 2.05) is 0 Å². The fourth-order valence-corrected chi connectivity index (χ4v) is 14.1. The summed E-state index contributed by atoms with van der Waals surface area (Å²) in [5.74, 6) is -0.559. The zero-order valence-corrected chi connectivity index (χ0v) is 67.3. The van der Waals surface area contributed by atoms with Gasteiger partial charge in [-0.2, -0.15) is 0 Å². The highest BCUT2D eigenvalue weighted by molar-refractivity contribution is 7.47. The maximum Gasteiger partial charge on any atom is 0.472 e. The summed E-state index contributed by atoms with van der Waals surface area (Å²) in [6.45, 7) is 9.62. The third kappa shape index (κ3) is 73.0. The lowest BCUT2D eigenvalue weighted by Gasteiger charge is -2.21. The second-order valence-corrected chi connectivity index (χ2v) is 32.8. The van der Waals surface area contributed by atoms with Gasteiger partial charge in [-0.05, 0) is 37.5 Å². The number of esters is 4. The summed E-state index contributed by atoms with van der Waals surface area (Å²) >= 11 is 0. The predicted molar refractivity (Wildman–Crippen MR) is 409 cm³/mol. The molecule has 100 heavy (non-hydrogen) atoms. The third-order valence-corrected chi connectivity index (χ3v) is 21.2. The first-order valence-electron chi connectivity index (χ1n) is 42.0. The molecule has 17 nitrogen and oxygen atoms in total. The highest BCUT2D eigenvalue weighted by Crippen LogP contribution is 2.45. The largest absolute Gasteiger partial charge is 0.472 e. The second kappa shape index (κ2) is 72.6. The van der Waals surface area contributed by atoms with E-state index in [0.29, 0.717) is 31.6 Å². The molecular formula is C81H158O17P2. The molecule has 0 aliphatic rings. The van der Waals surface area contributed by atoms with Crippen LogP contribution in [-0.4, -0.2) is 96.7 Å². The van der Waals surface area contributed by atoms with Crippen molar-refractivity contribution >= 4 is 39.5 Å². The summed E-state index contributed by atoms with van der Waals surface area (Å²) in [5, 5.41) is 10.6. The molecule has 0 rings (SSSR count). The van der Waals surface area contributed by atoms with E-state index in [4.69, 9.17) is 37.0 Å². The van der Waals surface area contributed by atoms with E-state index in [1.54, 1.807) is 0 Å². The Kier molecular flexibility index (Phi) is 71.2. The summed E-state index contributed by atoms with van der Waals surface area (Å²) in [5.41, 5.74) is 0. The first-order chi connectivity index (χ1) is 48.4. The normalized spacial score (nSPS) is 14.2. The molecule has 3 unspecified atom stereocenters. The van der Waals surface area contributed by atoms with Gasteiger partial charge in [0.1, 0.15) is 19.3 Å². The van der Waals surface area contributed by atoms with Gasteiger partial charge in [-0.3, -0.25) is 37.3 Å². The minimum atomic E-state index is -4.96. The molecule has 0 spiro atoms. The fourth-order valence-electron chi connectivity index (χ4n) is 12.5. The molecule has 6 atom stereocenters. The second-order valence-electron chi connectivity index (χ2n) is 29.9. The Morgan fingerprint density at radius 3 is 0.760 bits per heavy atom. The first kappa shape index (κ1) is 98.1. The van der Waals surface area contributed by atoms with Crippen LogP contribution in [0.2, 0.25) is 0 Å². The number of carbonyl (C=O) groups excluding carboxylic acids is 4. The van der Waals surface area contributed by atoms with Gasteiger partial charge in [0.15, 0.2) is 12.2 Å². The fraction of sp³-hybridized carbons (Fsp3) is 0.951. The maximum atomic E-state index is 13.1. The topological polar surface area (TPSA) is 237 Å². The highest BCUT2D eigenvalue weighted by Gasteiger charge is 2.30. The minimum absolute atomic E-state index is 0.107. The molecule has 594 valence electrons. The summed E-state index contributed by atoms with van der Waals surface area (Å²) in [7, 11) is -9.92. The van der Waals surface area contributed by atoms with Crippen LogP contribution in [0.3, 0.4) is 0 Å². The number of aliphatic hydroxyl groups excluding tert-OH is 1. The number of carbonyl (C=O) groups is 4. The average molecular weight is 1470 g/mol. The number of hydrogen-bond acceptors (Lipinski definition) is 15. The molecule has 0 fully saturated rings. The lowest BCUT2D eigenvalue weighted by Crippen LogP contribution is -2.30. The lowest BCUT2D eigenvalue weighted by atomic mass is 9.99. The van der Waals surface area contributed by atoms with E-state index >= 15 is 0 Å². The van der Waals surface area contributed by atoms with Crippen molar-refractivity contribution in [2.75, 3.05) is 39.6 Å². The lowest BCUT2D eigenvalue weighted by molar-refractivity contribution is -0.161. The summed E-state index contributed by atoms with van der Waals surface area (Å²) in [6.07, 6.45) is 62.6. The van der Waals surface area contributed by atoms with Gasteiger partial charge < -0.3 is 33.8 Å². The molecule has 0 aromatic rings. The van der Waals surface area contributed by atoms with Gasteiger partial charge in [0, 0.05) is 25.7 Å². The number of aliphatic hydroxyl groups is 1. The maximum absolute atomic E-state index is 13.1. The summed E-state index contributed by atoms with van der Waals surface area (Å²) < 4.78 is 68.7. The molecule has 19 heteroatoms. The standard InChI is InChI=1S/C81H158O17P2/c1-7-10-12-14-16-18-20-22-23-29-33-36-40-44-51-57-63-78(83)91-69-76(97-80(85)66-60-54-46-42-38-34-30-27-25-24-26-28-32-35-39-43-50-56-62-74(6)9-3)71-95-99(87,88)93-67-75(82)68-94-100(89,90)96-72-77(70-92-79(84)64-58-52-48-47-49-55-61-73(4)5)98-81(86)65-59-53-45-41-37-31-21-19-17-15-13-11-8-2/h73-77,82H,7-72H2,1-6H3,(H,87,88)(H,89,90)/t74?,75-,76-,77-/m1/s1. The van der Waals surface area contributed by atoms with Gasteiger partial charge in [0.2, 0.25) is 0 Å². The smallest absolute Gasteiger partial charge is 0.462 e. The molecule has 0 amide bonds. The van der Waals surface area contributed by atoms with Crippen molar-refractivity contribution in [1.82, 2.24) is 0 Å². The van der Waals surface area contributed by atoms with Crippen LogP contribution < -0.4 is 0 Å². The van der Waals surface area contributed by atoms with E-state index in [-0.39, 0.29) is 25.7 Å². The number of phosphoric ester groups is 2. The molecule has 0 heterocycles. The van der Waals surface area contributed by atoms with Crippen molar-refractivity contribution in [1.29, 1.82) is 0 Å². The van der Waals surface area contributed by atoms with E-state index in [0.717, 1.165) is 102 Å². The van der Waals surface area contributed by atoms with Crippen LogP contribution >= 0.6 is 15.6 Å². The Morgan fingerprint density at radius 1 is 0.290 bits per heavy atom. The van der Waals surface area contributed by atoms with Gasteiger partial charge in [0.05, 0.1) is 26.4 Å². The number of rotatable bonds is 80. The number of unbranched alkanes of at least 4 members (excludes halogenated alkanes) is 49. The van der Waals surface area contributed by atoms with Crippen LogP contribution in [-0.2, 0) is 65.4 Å². The number of ether oxygens (including phenoxy) is 4.